The van der Waals surface area contributed by atoms with Crippen LogP contribution in [0.4, 0.5) is 0 Å². The molecule has 13 heavy (non-hydrogen) atoms. The van der Waals surface area contributed by atoms with Gasteiger partial charge in [-0.05, 0) is 13.0 Å². The number of amides is 1. The lowest BCUT2D eigenvalue weighted by molar-refractivity contribution is 0.0765. The maximum atomic E-state index is 11.6. The third-order valence-electron chi connectivity index (χ3n) is 1.87. The van der Waals surface area contributed by atoms with Gasteiger partial charge in [-0.1, -0.05) is 0 Å². The molecule has 1 aromatic rings. The van der Waals surface area contributed by atoms with Gasteiger partial charge in [-0.25, -0.2) is 0 Å². The zero-order chi connectivity index (χ0) is 9.84. The van der Waals surface area contributed by atoms with Crippen LogP contribution in [0.15, 0.2) is 16.7 Å². The van der Waals surface area contributed by atoms with Crippen molar-refractivity contribution >= 4 is 5.91 Å². The van der Waals surface area contributed by atoms with Gasteiger partial charge < -0.3 is 14.4 Å². The molecule has 0 unspecified atom stereocenters. The van der Waals surface area contributed by atoms with Crippen molar-refractivity contribution in [2.45, 2.75) is 6.92 Å². The van der Waals surface area contributed by atoms with Gasteiger partial charge in [-0.2, -0.15) is 0 Å². The summed E-state index contributed by atoms with van der Waals surface area (Å²) in [5.41, 5.74) is 0.552. The largest absolute Gasteiger partial charge is 0.469 e. The first-order valence-corrected chi connectivity index (χ1v) is 4.07. The fourth-order valence-corrected chi connectivity index (χ4v) is 1.06. The van der Waals surface area contributed by atoms with Crippen molar-refractivity contribution in [1.29, 1.82) is 0 Å². The molecule has 0 spiro atoms. The summed E-state index contributed by atoms with van der Waals surface area (Å²) in [4.78, 5) is 13.0. The van der Waals surface area contributed by atoms with Gasteiger partial charge in [0, 0.05) is 13.6 Å². The lowest BCUT2D eigenvalue weighted by Crippen LogP contribution is -2.29. The number of hydrogen-bond acceptors (Lipinski definition) is 3. The molecule has 0 aliphatic heterocycles. The predicted octanol–water partition coefficient (Wildman–Crippen LogP) is 0.652. The van der Waals surface area contributed by atoms with E-state index in [1.54, 1.807) is 20.0 Å². The molecular weight excluding hydrogens is 170 g/mol. The van der Waals surface area contributed by atoms with Gasteiger partial charge in [0.1, 0.15) is 5.76 Å². The molecule has 0 bridgehead atoms. The molecule has 0 aliphatic carbocycles. The van der Waals surface area contributed by atoms with E-state index in [-0.39, 0.29) is 12.5 Å². The highest BCUT2D eigenvalue weighted by Gasteiger charge is 2.14. The van der Waals surface area contributed by atoms with E-state index in [4.69, 9.17) is 9.52 Å². The first kappa shape index (κ1) is 9.80. The SMILES string of the molecule is Cc1occc1C(=O)N(C)CCO. The van der Waals surface area contributed by atoms with Crippen molar-refractivity contribution in [3.05, 3.63) is 23.7 Å². The van der Waals surface area contributed by atoms with E-state index < -0.39 is 0 Å². The quantitative estimate of drug-likeness (QED) is 0.748. The van der Waals surface area contributed by atoms with Crippen molar-refractivity contribution in [3.8, 4) is 0 Å². The summed E-state index contributed by atoms with van der Waals surface area (Å²) in [5.74, 6) is 0.482. The van der Waals surface area contributed by atoms with Gasteiger partial charge in [0.15, 0.2) is 0 Å². The normalized spacial score (nSPS) is 10.1. The summed E-state index contributed by atoms with van der Waals surface area (Å²) in [6.07, 6.45) is 1.48. The molecule has 0 atom stereocenters. The van der Waals surface area contributed by atoms with Crippen LogP contribution in [0.25, 0.3) is 0 Å². The number of rotatable bonds is 3. The molecule has 0 radical (unpaired) electrons. The molecule has 0 aromatic carbocycles. The second-order valence-electron chi connectivity index (χ2n) is 2.84. The Morgan fingerprint density at radius 3 is 2.85 bits per heavy atom. The predicted molar refractivity (Wildman–Crippen MR) is 47.5 cm³/mol. The van der Waals surface area contributed by atoms with Gasteiger partial charge in [0.25, 0.3) is 5.91 Å². The number of likely N-dealkylation sites (N-methyl/N-ethyl adjacent to an activating group) is 1. The molecule has 0 saturated heterocycles. The van der Waals surface area contributed by atoms with E-state index in [9.17, 15) is 4.79 Å². The summed E-state index contributed by atoms with van der Waals surface area (Å²) in [6, 6.07) is 1.63. The Labute approximate surface area is 76.8 Å². The first-order chi connectivity index (χ1) is 6.16. The molecule has 1 N–H and O–H groups in total. The van der Waals surface area contributed by atoms with Crippen molar-refractivity contribution in [3.63, 3.8) is 0 Å². The van der Waals surface area contributed by atoms with Crippen LogP contribution in [0.1, 0.15) is 16.1 Å². The van der Waals surface area contributed by atoms with Crippen LogP contribution < -0.4 is 0 Å². The summed E-state index contributed by atoms with van der Waals surface area (Å²) in [5, 5.41) is 8.64. The van der Waals surface area contributed by atoms with Crippen LogP contribution in [-0.2, 0) is 0 Å². The Morgan fingerprint density at radius 1 is 1.69 bits per heavy atom. The summed E-state index contributed by atoms with van der Waals surface area (Å²) in [6.45, 7) is 2.04. The Morgan fingerprint density at radius 2 is 2.38 bits per heavy atom. The molecule has 4 nitrogen and oxygen atoms in total. The second kappa shape index (κ2) is 4.09. The van der Waals surface area contributed by atoms with Crippen LogP contribution >= 0.6 is 0 Å². The minimum Gasteiger partial charge on any atom is -0.469 e. The number of aryl methyl sites for hydroxylation is 1. The number of aliphatic hydroxyl groups excluding tert-OH is 1. The highest BCUT2D eigenvalue weighted by Crippen LogP contribution is 2.10. The van der Waals surface area contributed by atoms with E-state index in [1.165, 1.54) is 11.2 Å². The minimum atomic E-state index is -0.125. The Kier molecular flexibility index (Phi) is 3.08. The number of carbonyl (C=O) groups excluding carboxylic acids is 1. The highest BCUT2D eigenvalue weighted by atomic mass is 16.3. The highest BCUT2D eigenvalue weighted by molar-refractivity contribution is 5.94. The Bertz CT molecular complexity index is 293. The third kappa shape index (κ3) is 2.09. The fourth-order valence-electron chi connectivity index (χ4n) is 1.06. The molecule has 1 heterocycles. The van der Waals surface area contributed by atoms with Crippen LogP contribution in [0.5, 0.6) is 0 Å². The lowest BCUT2D eigenvalue weighted by Gasteiger charge is -2.14. The molecule has 1 amide bonds. The molecule has 1 aromatic heterocycles. The molecule has 72 valence electrons. The fraction of sp³-hybridized carbons (Fsp3) is 0.444. The minimum absolute atomic E-state index is 0.0286. The van der Waals surface area contributed by atoms with E-state index >= 15 is 0 Å². The number of hydrogen-bond donors (Lipinski definition) is 1. The lowest BCUT2D eigenvalue weighted by atomic mass is 10.2. The average molecular weight is 183 g/mol. The van der Waals surface area contributed by atoms with Crippen LogP contribution in [0.2, 0.25) is 0 Å². The van der Waals surface area contributed by atoms with E-state index in [1.807, 2.05) is 0 Å². The van der Waals surface area contributed by atoms with Crippen LogP contribution in [0.3, 0.4) is 0 Å². The van der Waals surface area contributed by atoms with E-state index in [0.717, 1.165) is 0 Å². The van der Waals surface area contributed by atoms with Gasteiger partial charge in [0.05, 0.1) is 18.4 Å². The summed E-state index contributed by atoms with van der Waals surface area (Å²) >= 11 is 0. The van der Waals surface area contributed by atoms with E-state index in [0.29, 0.717) is 17.9 Å². The summed E-state index contributed by atoms with van der Waals surface area (Å²) < 4.78 is 5.00. The van der Waals surface area contributed by atoms with Gasteiger partial charge in [-0.3, -0.25) is 4.79 Å². The maximum absolute atomic E-state index is 11.6. The topological polar surface area (TPSA) is 53.7 Å². The zero-order valence-corrected chi connectivity index (χ0v) is 7.78. The van der Waals surface area contributed by atoms with Gasteiger partial charge >= 0.3 is 0 Å². The van der Waals surface area contributed by atoms with Crippen molar-refractivity contribution < 1.29 is 14.3 Å². The van der Waals surface area contributed by atoms with Gasteiger partial charge in [0.2, 0.25) is 0 Å². The zero-order valence-electron chi connectivity index (χ0n) is 7.78. The molecule has 0 aliphatic rings. The summed E-state index contributed by atoms with van der Waals surface area (Å²) in [7, 11) is 1.64. The molecule has 1 rings (SSSR count). The standard InChI is InChI=1S/C9H13NO3/c1-7-8(3-6-13-7)9(12)10(2)4-5-11/h3,6,11H,4-5H2,1-2H3. The van der Waals surface area contributed by atoms with Gasteiger partial charge in [-0.15, -0.1) is 0 Å². The van der Waals surface area contributed by atoms with E-state index in [2.05, 4.69) is 0 Å². The third-order valence-corrected chi connectivity index (χ3v) is 1.87. The number of nitrogens with zero attached hydrogens (tertiary/aromatic N) is 1. The Balaban J connectivity index is 2.73. The van der Waals surface area contributed by atoms with Crippen LogP contribution in [-0.4, -0.2) is 36.1 Å². The number of furan rings is 1. The Hall–Kier alpha value is -1.29. The molecule has 0 fully saturated rings. The molecular formula is C9H13NO3. The van der Waals surface area contributed by atoms with Crippen LogP contribution in [0, 0.1) is 6.92 Å². The van der Waals surface area contributed by atoms with Crippen molar-refractivity contribution in [1.82, 2.24) is 4.90 Å². The first-order valence-electron chi connectivity index (χ1n) is 4.07. The second-order valence-corrected chi connectivity index (χ2v) is 2.84. The van der Waals surface area contributed by atoms with Crippen molar-refractivity contribution in [2.24, 2.45) is 0 Å². The molecule has 4 heteroatoms. The molecule has 0 saturated carbocycles. The number of aliphatic hydroxyl groups is 1. The maximum Gasteiger partial charge on any atom is 0.257 e. The van der Waals surface area contributed by atoms with Crippen molar-refractivity contribution in [2.75, 3.05) is 20.2 Å². The number of carbonyl (C=O) groups is 1. The average Bonchev–Trinajstić information content (AvgIpc) is 2.50. The smallest absolute Gasteiger partial charge is 0.257 e. The monoisotopic (exact) mass is 183 g/mol.